The lowest BCUT2D eigenvalue weighted by Gasteiger charge is -2.16. The first-order valence-electron chi connectivity index (χ1n) is 6.81. The van der Waals surface area contributed by atoms with Crippen LogP contribution in [0.15, 0.2) is 29.1 Å². The van der Waals surface area contributed by atoms with Crippen LogP contribution in [-0.4, -0.2) is 36.8 Å². The van der Waals surface area contributed by atoms with Crippen molar-refractivity contribution in [2.24, 2.45) is 0 Å². The van der Waals surface area contributed by atoms with Crippen LogP contribution in [0, 0.1) is 0 Å². The van der Waals surface area contributed by atoms with Gasteiger partial charge in [-0.2, -0.15) is 0 Å². The molecule has 0 fully saturated rings. The maximum absolute atomic E-state index is 11.8. The molecule has 0 spiro atoms. The zero-order chi connectivity index (χ0) is 14.7. The smallest absolute Gasteiger partial charge is 0.251 e. The van der Waals surface area contributed by atoms with E-state index in [0.29, 0.717) is 13.0 Å². The van der Waals surface area contributed by atoms with Gasteiger partial charge in [-0.3, -0.25) is 4.79 Å². The van der Waals surface area contributed by atoms with Crippen LogP contribution in [0.3, 0.4) is 0 Å². The van der Waals surface area contributed by atoms with Gasteiger partial charge in [-0.25, -0.2) is 0 Å². The Labute approximate surface area is 118 Å². The molecular weight excluding hydrogens is 252 g/mol. The third-order valence-electron chi connectivity index (χ3n) is 3.48. The Balaban J connectivity index is 2.49. The van der Waals surface area contributed by atoms with Gasteiger partial charge in [0.25, 0.3) is 5.56 Å². The summed E-state index contributed by atoms with van der Waals surface area (Å²) in [6, 6.07) is 7.69. The number of nitrogens with one attached hydrogen (secondary N) is 1. The highest BCUT2D eigenvalue weighted by Crippen LogP contribution is 2.20. The van der Waals surface area contributed by atoms with Crippen molar-refractivity contribution in [3.63, 3.8) is 0 Å². The van der Waals surface area contributed by atoms with Gasteiger partial charge in [-0.15, -0.1) is 0 Å². The number of nitrogens with zero attached hydrogens (tertiary/aromatic N) is 1. The second-order valence-electron chi connectivity index (χ2n) is 5.33. The van der Waals surface area contributed by atoms with E-state index in [4.69, 9.17) is 0 Å². The highest BCUT2D eigenvalue weighted by molar-refractivity contribution is 5.81. The highest BCUT2D eigenvalue weighted by atomic mass is 16.1. The number of fused-ring (bicyclic) bond motifs is 1. The van der Waals surface area contributed by atoms with E-state index in [1.807, 2.05) is 50.2 Å². The summed E-state index contributed by atoms with van der Waals surface area (Å²) in [5.41, 5.74) is 2.53. The molecule has 4 nitrogen and oxygen atoms in total. The summed E-state index contributed by atoms with van der Waals surface area (Å²) < 4.78 is 0. The highest BCUT2D eigenvalue weighted by Gasteiger charge is 2.12. The molecule has 2 rings (SSSR count). The first kappa shape index (κ1) is 14.5. The largest absolute Gasteiger partial charge is 0.322 e. The molecular formula is C16H20N2O2. The molecule has 106 valence electrons. The van der Waals surface area contributed by atoms with Crippen LogP contribution in [0.4, 0.5) is 0 Å². The number of aromatic nitrogens is 1. The van der Waals surface area contributed by atoms with Crippen LogP contribution < -0.4 is 5.56 Å². The minimum Gasteiger partial charge on any atom is -0.322 e. The zero-order valence-corrected chi connectivity index (χ0v) is 12.1. The maximum Gasteiger partial charge on any atom is 0.251 e. The van der Waals surface area contributed by atoms with Gasteiger partial charge in [0, 0.05) is 17.6 Å². The second kappa shape index (κ2) is 6.01. The molecule has 0 bridgehead atoms. The van der Waals surface area contributed by atoms with Gasteiger partial charge in [0.2, 0.25) is 0 Å². The Bertz CT molecular complexity index is 674. The monoisotopic (exact) mass is 272 g/mol. The van der Waals surface area contributed by atoms with Gasteiger partial charge in [0.05, 0.1) is 5.92 Å². The second-order valence-corrected chi connectivity index (χ2v) is 5.33. The van der Waals surface area contributed by atoms with Gasteiger partial charge in [-0.1, -0.05) is 13.0 Å². The third kappa shape index (κ3) is 2.96. The van der Waals surface area contributed by atoms with E-state index in [2.05, 4.69) is 4.98 Å². The normalized spacial score (nSPS) is 12.8. The van der Waals surface area contributed by atoms with Crippen LogP contribution in [0.2, 0.25) is 0 Å². The topological polar surface area (TPSA) is 53.2 Å². The fraction of sp³-hybridized carbons (Fsp3) is 0.375. The van der Waals surface area contributed by atoms with Crippen molar-refractivity contribution in [1.29, 1.82) is 0 Å². The van der Waals surface area contributed by atoms with Crippen LogP contribution in [-0.2, 0) is 11.2 Å². The predicted octanol–water partition coefficient (Wildman–Crippen LogP) is 1.93. The SMILES string of the molecule is CCc1cc2cc(C(C=O)CN(C)C)ccc2[nH]c1=O. The number of hydrogen-bond donors (Lipinski definition) is 1. The molecule has 4 heteroatoms. The number of aromatic amines is 1. The summed E-state index contributed by atoms with van der Waals surface area (Å²) in [5, 5.41) is 0.976. The molecule has 0 aliphatic rings. The van der Waals surface area contributed by atoms with Crippen LogP contribution >= 0.6 is 0 Å². The van der Waals surface area contributed by atoms with E-state index < -0.39 is 0 Å². The summed E-state index contributed by atoms with van der Waals surface area (Å²) in [7, 11) is 3.90. The van der Waals surface area contributed by atoms with Gasteiger partial charge in [0.1, 0.15) is 6.29 Å². The zero-order valence-electron chi connectivity index (χ0n) is 12.1. The maximum atomic E-state index is 11.8. The van der Waals surface area contributed by atoms with Crippen LogP contribution in [0.25, 0.3) is 10.9 Å². The number of rotatable bonds is 5. The molecule has 1 unspecified atom stereocenters. The first-order valence-corrected chi connectivity index (χ1v) is 6.81. The Kier molecular flexibility index (Phi) is 4.35. The summed E-state index contributed by atoms with van der Waals surface area (Å²) in [4.78, 5) is 27.9. The third-order valence-corrected chi connectivity index (χ3v) is 3.48. The van der Waals surface area contributed by atoms with Gasteiger partial charge in [-0.05, 0) is 49.7 Å². The molecule has 0 saturated carbocycles. The van der Waals surface area contributed by atoms with Crippen molar-refractivity contribution in [2.45, 2.75) is 19.3 Å². The minimum absolute atomic E-state index is 0.0343. The predicted molar refractivity (Wildman–Crippen MR) is 81.3 cm³/mol. The molecule has 2 aromatic rings. The van der Waals surface area contributed by atoms with E-state index in [1.165, 1.54) is 0 Å². The van der Waals surface area contributed by atoms with Crippen LogP contribution in [0.1, 0.15) is 24.0 Å². The van der Waals surface area contributed by atoms with Crippen molar-refractivity contribution >= 4 is 17.2 Å². The Morgan fingerprint density at radius 1 is 1.30 bits per heavy atom. The molecule has 0 amide bonds. The number of aryl methyl sites for hydroxylation is 1. The fourth-order valence-electron chi connectivity index (χ4n) is 2.38. The van der Waals surface area contributed by atoms with E-state index in [9.17, 15) is 9.59 Å². The van der Waals surface area contributed by atoms with E-state index >= 15 is 0 Å². The minimum atomic E-state index is -0.147. The lowest BCUT2D eigenvalue weighted by atomic mass is 9.98. The van der Waals surface area contributed by atoms with Gasteiger partial charge < -0.3 is 14.7 Å². The Hall–Kier alpha value is -1.94. The number of hydrogen-bond acceptors (Lipinski definition) is 3. The van der Waals surface area contributed by atoms with E-state index in [0.717, 1.165) is 28.3 Å². The van der Waals surface area contributed by atoms with Crippen LogP contribution in [0.5, 0.6) is 0 Å². The number of H-pyrrole nitrogens is 1. The molecule has 0 aliphatic heterocycles. The average Bonchev–Trinajstić information content (AvgIpc) is 2.43. The quantitative estimate of drug-likeness (QED) is 0.846. The van der Waals surface area contributed by atoms with Crippen molar-refractivity contribution in [2.75, 3.05) is 20.6 Å². The average molecular weight is 272 g/mol. The molecule has 1 atom stereocenters. The lowest BCUT2D eigenvalue weighted by molar-refractivity contribution is -0.109. The van der Waals surface area contributed by atoms with Crippen molar-refractivity contribution in [3.05, 3.63) is 45.7 Å². The molecule has 20 heavy (non-hydrogen) atoms. The molecule has 0 aliphatic carbocycles. The summed E-state index contributed by atoms with van der Waals surface area (Å²) in [6.45, 7) is 2.64. The van der Waals surface area contributed by atoms with Crippen molar-refractivity contribution in [3.8, 4) is 0 Å². The summed E-state index contributed by atoms with van der Waals surface area (Å²) >= 11 is 0. The summed E-state index contributed by atoms with van der Waals surface area (Å²) in [6.07, 6.45) is 1.68. The number of carbonyl (C=O) groups excluding carboxylic acids is 1. The van der Waals surface area contributed by atoms with Gasteiger partial charge in [0.15, 0.2) is 0 Å². The molecule has 0 radical (unpaired) electrons. The number of aldehydes is 1. The molecule has 0 saturated heterocycles. The van der Waals surface area contributed by atoms with E-state index in [1.54, 1.807) is 0 Å². The summed E-state index contributed by atoms with van der Waals surface area (Å²) in [5.74, 6) is -0.147. The number of pyridine rings is 1. The van der Waals surface area contributed by atoms with Crippen molar-refractivity contribution in [1.82, 2.24) is 9.88 Å². The number of likely N-dealkylation sites (N-methyl/N-ethyl adjacent to an activating group) is 1. The number of benzene rings is 1. The molecule has 1 N–H and O–H groups in total. The first-order chi connectivity index (χ1) is 9.55. The Morgan fingerprint density at radius 2 is 2.05 bits per heavy atom. The lowest BCUT2D eigenvalue weighted by Crippen LogP contribution is -2.21. The van der Waals surface area contributed by atoms with Gasteiger partial charge >= 0.3 is 0 Å². The molecule has 1 aromatic heterocycles. The molecule has 1 aromatic carbocycles. The van der Waals surface area contributed by atoms with Crippen molar-refractivity contribution < 1.29 is 4.79 Å². The molecule has 1 heterocycles. The van der Waals surface area contributed by atoms with E-state index in [-0.39, 0.29) is 11.5 Å². The fourth-order valence-corrected chi connectivity index (χ4v) is 2.38. The number of carbonyl (C=O) groups is 1. The Morgan fingerprint density at radius 3 is 2.65 bits per heavy atom. The standard InChI is InChI=1S/C16H20N2O2/c1-4-11-7-13-8-12(14(10-19)9-18(2)3)5-6-15(13)17-16(11)20/h5-8,10,14H,4,9H2,1-3H3,(H,17,20).